The molecular weight excluding hydrogens is 292 g/mol. The van der Waals surface area contributed by atoms with Gasteiger partial charge in [-0.1, -0.05) is 18.2 Å². The van der Waals surface area contributed by atoms with Crippen molar-refractivity contribution in [2.45, 2.75) is 44.8 Å². The maximum atomic E-state index is 12.5. The van der Waals surface area contributed by atoms with E-state index in [1.54, 1.807) is 11.3 Å². The van der Waals surface area contributed by atoms with E-state index in [1.165, 1.54) is 27.1 Å². The summed E-state index contributed by atoms with van der Waals surface area (Å²) in [5.41, 5.74) is 5.19. The molecule has 1 amide bonds. The first-order valence-corrected chi connectivity index (χ1v) is 8.84. The average Bonchev–Trinajstić information content (AvgIpc) is 3.20. The first-order valence-electron chi connectivity index (χ1n) is 7.96. The number of hydrogen-bond acceptors (Lipinski definition) is 3. The Morgan fingerprint density at radius 2 is 2.18 bits per heavy atom. The molecule has 3 nitrogen and oxygen atoms in total. The van der Waals surface area contributed by atoms with Gasteiger partial charge >= 0.3 is 0 Å². The fourth-order valence-electron chi connectivity index (χ4n) is 3.53. The highest BCUT2D eigenvalue weighted by Gasteiger charge is 2.27. The molecule has 0 fully saturated rings. The Hall–Kier alpha value is -1.65. The molecule has 1 unspecified atom stereocenters. The molecule has 1 atom stereocenters. The number of hydrogen-bond donors (Lipinski definition) is 2. The topological polar surface area (TPSA) is 41.1 Å². The number of aryl methyl sites for hydroxylation is 1. The summed E-state index contributed by atoms with van der Waals surface area (Å²) < 4.78 is 0. The molecule has 1 aliphatic carbocycles. The summed E-state index contributed by atoms with van der Waals surface area (Å²) in [7, 11) is 0. The number of carbonyl (C=O) groups excluding carboxylic acids is 1. The fraction of sp³-hybridized carbons (Fsp3) is 0.389. The van der Waals surface area contributed by atoms with Crippen molar-refractivity contribution in [3.63, 3.8) is 0 Å². The Kier molecular flexibility index (Phi) is 3.72. The van der Waals surface area contributed by atoms with Crippen LogP contribution in [0.4, 0.5) is 0 Å². The van der Waals surface area contributed by atoms with Crippen molar-refractivity contribution in [3.8, 4) is 0 Å². The van der Waals surface area contributed by atoms with Gasteiger partial charge in [0.25, 0.3) is 0 Å². The molecule has 4 rings (SSSR count). The van der Waals surface area contributed by atoms with Crippen LogP contribution in [-0.4, -0.2) is 5.91 Å². The van der Waals surface area contributed by atoms with Crippen LogP contribution in [0.15, 0.2) is 29.6 Å². The molecule has 0 saturated heterocycles. The minimum atomic E-state index is 0.0473. The van der Waals surface area contributed by atoms with E-state index in [2.05, 4.69) is 40.3 Å². The molecule has 2 heterocycles. The summed E-state index contributed by atoms with van der Waals surface area (Å²) in [5.74, 6) is 0.226. The molecule has 0 radical (unpaired) electrons. The average molecular weight is 312 g/mol. The van der Waals surface area contributed by atoms with Gasteiger partial charge in [-0.05, 0) is 53.0 Å². The van der Waals surface area contributed by atoms with Crippen molar-refractivity contribution in [2.24, 2.45) is 0 Å². The van der Waals surface area contributed by atoms with Crippen molar-refractivity contribution >= 4 is 17.2 Å². The molecule has 1 aliphatic heterocycles. The third-order valence-corrected chi connectivity index (χ3v) is 5.73. The van der Waals surface area contributed by atoms with E-state index in [-0.39, 0.29) is 11.8 Å². The molecule has 22 heavy (non-hydrogen) atoms. The van der Waals surface area contributed by atoms with Crippen molar-refractivity contribution in [3.05, 3.63) is 56.8 Å². The number of thiophene rings is 1. The van der Waals surface area contributed by atoms with E-state index in [0.29, 0.717) is 6.54 Å². The molecule has 2 N–H and O–H groups in total. The second kappa shape index (κ2) is 5.86. The van der Waals surface area contributed by atoms with Crippen LogP contribution >= 0.6 is 11.3 Å². The number of fused-ring (bicyclic) bond motifs is 2. The Bertz CT molecular complexity index is 707. The Balaban J connectivity index is 1.43. The monoisotopic (exact) mass is 312 g/mol. The predicted octanol–water partition coefficient (Wildman–Crippen LogP) is 3.09. The minimum absolute atomic E-state index is 0.0473. The quantitative estimate of drug-likeness (QED) is 0.914. The summed E-state index contributed by atoms with van der Waals surface area (Å²) in [6.07, 6.45) is 3.23. The van der Waals surface area contributed by atoms with Gasteiger partial charge in [0, 0.05) is 24.5 Å². The second-order valence-corrected chi connectivity index (χ2v) is 7.17. The Morgan fingerprint density at radius 1 is 1.27 bits per heavy atom. The van der Waals surface area contributed by atoms with E-state index in [9.17, 15) is 4.79 Å². The van der Waals surface area contributed by atoms with Crippen molar-refractivity contribution in [1.82, 2.24) is 10.6 Å². The highest BCUT2D eigenvalue weighted by molar-refractivity contribution is 7.10. The van der Waals surface area contributed by atoms with E-state index < -0.39 is 0 Å². The lowest BCUT2D eigenvalue weighted by atomic mass is 9.87. The molecule has 2 aliphatic rings. The summed E-state index contributed by atoms with van der Waals surface area (Å²) in [5, 5.41) is 8.60. The largest absolute Gasteiger partial charge is 0.351 e. The second-order valence-electron chi connectivity index (χ2n) is 6.17. The Morgan fingerprint density at radius 3 is 3.14 bits per heavy atom. The van der Waals surface area contributed by atoms with Gasteiger partial charge < -0.3 is 10.6 Å². The smallest absolute Gasteiger partial charge is 0.227 e. The highest BCUT2D eigenvalue weighted by Crippen LogP contribution is 2.35. The van der Waals surface area contributed by atoms with E-state index in [4.69, 9.17) is 0 Å². The van der Waals surface area contributed by atoms with Gasteiger partial charge in [-0.3, -0.25) is 4.79 Å². The lowest BCUT2D eigenvalue weighted by molar-refractivity contribution is -0.123. The molecule has 114 valence electrons. The van der Waals surface area contributed by atoms with Crippen molar-refractivity contribution < 1.29 is 4.79 Å². The normalized spacial score (nSPS) is 19.5. The first kappa shape index (κ1) is 14.0. The number of carbonyl (C=O) groups is 1. The van der Waals surface area contributed by atoms with Gasteiger partial charge in [0.05, 0.1) is 5.92 Å². The van der Waals surface area contributed by atoms with Crippen LogP contribution in [0.25, 0.3) is 0 Å². The molecule has 0 bridgehead atoms. The number of nitrogens with one attached hydrogen (secondary N) is 2. The van der Waals surface area contributed by atoms with Crippen LogP contribution in [0.2, 0.25) is 0 Å². The summed E-state index contributed by atoms with van der Waals surface area (Å²) >= 11 is 1.79. The number of rotatable bonds is 3. The molecule has 1 aromatic carbocycles. The molecule has 1 aromatic heterocycles. The van der Waals surface area contributed by atoms with E-state index >= 15 is 0 Å². The maximum absolute atomic E-state index is 12.5. The van der Waals surface area contributed by atoms with Crippen molar-refractivity contribution in [2.75, 3.05) is 0 Å². The van der Waals surface area contributed by atoms with Gasteiger partial charge in [0.15, 0.2) is 0 Å². The molecule has 2 aromatic rings. The zero-order valence-corrected chi connectivity index (χ0v) is 13.3. The molecule has 0 saturated carbocycles. The fourth-order valence-corrected chi connectivity index (χ4v) is 4.52. The van der Waals surface area contributed by atoms with Gasteiger partial charge in [-0.15, -0.1) is 11.3 Å². The van der Waals surface area contributed by atoms with Gasteiger partial charge in [0.2, 0.25) is 5.91 Å². The van der Waals surface area contributed by atoms with Crippen LogP contribution in [0, 0.1) is 0 Å². The van der Waals surface area contributed by atoms with Gasteiger partial charge in [-0.25, -0.2) is 0 Å². The Labute approximate surface area is 134 Å². The highest BCUT2D eigenvalue weighted by atomic mass is 32.1. The molecule has 4 heteroatoms. The van der Waals surface area contributed by atoms with Crippen molar-refractivity contribution in [1.29, 1.82) is 0 Å². The van der Waals surface area contributed by atoms with Crippen LogP contribution in [-0.2, 0) is 30.8 Å². The van der Waals surface area contributed by atoms with Crippen LogP contribution < -0.4 is 10.6 Å². The number of amides is 1. The van der Waals surface area contributed by atoms with Gasteiger partial charge in [0.1, 0.15) is 0 Å². The van der Waals surface area contributed by atoms with E-state index in [1.807, 2.05) is 0 Å². The maximum Gasteiger partial charge on any atom is 0.227 e. The summed E-state index contributed by atoms with van der Waals surface area (Å²) in [6.45, 7) is 2.53. The summed E-state index contributed by atoms with van der Waals surface area (Å²) in [6, 6.07) is 8.65. The van der Waals surface area contributed by atoms with Crippen LogP contribution in [0.1, 0.15) is 45.9 Å². The molecular formula is C18H20N2OS. The van der Waals surface area contributed by atoms with Gasteiger partial charge in [-0.2, -0.15) is 0 Å². The third-order valence-electron chi connectivity index (χ3n) is 4.74. The zero-order valence-electron chi connectivity index (χ0n) is 12.5. The first-order chi connectivity index (χ1) is 10.8. The molecule has 0 spiro atoms. The minimum Gasteiger partial charge on any atom is -0.351 e. The SMILES string of the molecule is O=C(NCc1ccc2c(c1)CNC2)C1CCCc2sccc21. The number of benzene rings is 1. The predicted molar refractivity (Wildman–Crippen MR) is 88.8 cm³/mol. The zero-order chi connectivity index (χ0) is 14.9. The third kappa shape index (κ3) is 2.57. The lowest BCUT2D eigenvalue weighted by Crippen LogP contribution is -2.30. The van der Waals surface area contributed by atoms with Crippen LogP contribution in [0.5, 0.6) is 0 Å². The van der Waals surface area contributed by atoms with E-state index in [0.717, 1.165) is 32.4 Å². The van der Waals surface area contributed by atoms with Crippen LogP contribution in [0.3, 0.4) is 0 Å². The lowest BCUT2D eigenvalue weighted by Gasteiger charge is -2.22. The standard InChI is InChI=1S/C18H20N2OS/c21-18(16-2-1-3-17-15(16)6-7-22-17)20-9-12-4-5-13-10-19-11-14(13)8-12/h4-8,16,19H,1-3,9-11H2,(H,20,21). The summed E-state index contributed by atoms with van der Waals surface area (Å²) in [4.78, 5) is 13.9.